The lowest BCUT2D eigenvalue weighted by molar-refractivity contribution is -0.137. The number of carboxylic acids is 1. The van der Waals surface area contributed by atoms with Crippen molar-refractivity contribution in [3.8, 4) is 0 Å². The smallest absolute Gasteiger partial charge is 0.304 e. The van der Waals surface area contributed by atoms with Crippen LogP contribution < -0.4 is 5.73 Å². The molecule has 1 atom stereocenters. The highest BCUT2D eigenvalue weighted by Crippen LogP contribution is 2.20. The van der Waals surface area contributed by atoms with Crippen molar-refractivity contribution in [2.45, 2.75) is 18.9 Å². The van der Waals surface area contributed by atoms with Crippen LogP contribution in [0.25, 0.3) is 0 Å². The Morgan fingerprint density at radius 3 is 2.71 bits per heavy atom. The molecular weight excluding hydrogens is 216 g/mol. The van der Waals surface area contributed by atoms with Crippen LogP contribution in [-0.4, -0.2) is 36.6 Å². The fourth-order valence-corrected chi connectivity index (χ4v) is 1.86. The minimum Gasteiger partial charge on any atom is -0.481 e. The molecule has 0 aliphatic heterocycles. The molecule has 0 spiro atoms. The molecular formula is C13H20N2O2. The van der Waals surface area contributed by atoms with Gasteiger partial charge in [0.2, 0.25) is 0 Å². The van der Waals surface area contributed by atoms with Crippen LogP contribution in [0.15, 0.2) is 24.3 Å². The minimum absolute atomic E-state index is 0.0852. The van der Waals surface area contributed by atoms with Crippen LogP contribution in [-0.2, 0) is 11.3 Å². The van der Waals surface area contributed by atoms with Gasteiger partial charge in [0.15, 0.2) is 0 Å². The number of hydrogen-bond donors (Lipinski definition) is 2. The van der Waals surface area contributed by atoms with Gasteiger partial charge in [0.25, 0.3) is 0 Å². The van der Waals surface area contributed by atoms with Gasteiger partial charge in [-0.1, -0.05) is 24.3 Å². The molecule has 0 fully saturated rings. The van der Waals surface area contributed by atoms with Crippen LogP contribution in [0, 0.1) is 0 Å². The Morgan fingerprint density at radius 2 is 2.18 bits per heavy atom. The van der Waals surface area contributed by atoms with Crippen LogP contribution in [0.2, 0.25) is 0 Å². The lowest BCUT2D eigenvalue weighted by atomic mass is 9.94. The van der Waals surface area contributed by atoms with Crippen LogP contribution >= 0.6 is 0 Å². The predicted octanol–water partition coefficient (Wildman–Crippen LogP) is 1.27. The lowest BCUT2D eigenvalue weighted by Crippen LogP contribution is -2.17. The average Bonchev–Trinajstić information content (AvgIpc) is 2.25. The fourth-order valence-electron chi connectivity index (χ4n) is 1.86. The SMILES string of the molecule is CN(C)Cc1cccc(C(CN)CC(=O)O)c1. The van der Waals surface area contributed by atoms with Gasteiger partial charge in [0.05, 0.1) is 6.42 Å². The first-order valence-corrected chi connectivity index (χ1v) is 5.68. The summed E-state index contributed by atoms with van der Waals surface area (Å²) >= 11 is 0. The topological polar surface area (TPSA) is 66.6 Å². The Labute approximate surface area is 102 Å². The largest absolute Gasteiger partial charge is 0.481 e. The Morgan fingerprint density at radius 1 is 1.47 bits per heavy atom. The molecule has 0 aliphatic carbocycles. The molecule has 0 saturated heterocycles. The van der Waals surface area contributed by atoms with Crippen molar-refractivity contribution in [1.29, 1.82) is 0 Å². The van der Waals surface area contributed by atoms with Gasteiger partial charge >= 0.3 is 5.97 Å². The molecule has 0 saturated carbocycles. The molecule has 0 radical (unpaired) electrons. The summed E-state index contributed by atoms with van der Waals surface area (Å²) in [5.41, 5.74) is 7.82. The van der Waals surface area contributed by atoms with E-state index in [0.29, 0.717) is 6.54 Å². The van der Waals surface area contributed by atoms with E-state index in [-0.39, 0.29) is 12.3 Å². The molecule has 0 aromatic heterocycles. The number of nitrogens with zero attached hydrogens (tertiary/aromatic N) is 1. The van der Waals surface area contributed by atoms with Crippen LogP contribution in [0.1, 0.15) is 23.5 Å². The third-order valence-electron chi connectivity index (χ3n) is 2.63. The Kier molecular flexibility index (Phi) is 5.12. The summed E-state index contributed by atoms with van der Waals surface area (Å²) in [5.74, 6) is -0.909. The molecule has 17 heavy (non-hydrogen) atoms. The molecule has 1 aromatic rings. The summed E-state index contributed by atoms with van der Waals surface area (Å²) in [5, 5.41) is 8.83. The van der Waals surface area contributed by atoms with Crippen LogP contribution in [0.3, 0.4) is 0 Å². The van der Waals surface area contributed by atoms with Gasteiger partial charge in [-0.15, -0.1) is 0 Å². The van der Waals surface area contributed by atoms with Crippen LogP contribution in [0.4, 0.5) is 0 Å². The monoisotopic (exact) mass is 236 g/mol. The van der Waals surface area contributed by atoms with Gasteiger partial charge < -0.3 is 15.7 Å². The third kappa shape index (κ3) is 4.54. The fraction of sp³-hybridized carbons (Fsp3) is 0.462. The highest BCUT2D eigenvalue weighted by atomic mass is 16.4. The molecule has 4 nitrogen and oxygen atoms in total. The van der Waals surface area contributed by atoms with Gasteiger partial charge in [0.1, 0.15) is 0 Å². The van der Waals surface area contributed by atoms with E-state index in [0.717, 1.165) is 12.1 Å². The molecule has 94 valence electrons. The summed E-state index contributed by atoms with van der Waals surface area (Å²) in [7, 11) is 4.01. The highest BCUT2D eigenvalue weighted by molar-refractivity contribution is 5.68. The molecule has 4 heteroatoms. The number of rotatable bonds is 6. The zero-order valence-corrected chi connectivity index (χ0v) is 10.4. The first-order chi connectivity index (χ1) is 8.02. The van der Waals surface area contributed by atoms with Crippen molar-refractivity contribution >= 4 is 5.97 Å². The number of carbonyl (C=O) groups is 1. The minimum atomic E-state index is -0.807. The van der Waals surface area contributed by atoms with Gasteiger partial charge in [-0.25, -0.2) is 0 Å². The van der Waals surface area contributed by atoms with E-state index in [1.54, 1.807) is 0 Å². The maximum Gasteiger partial charge on any atom is 0.304 e. The van der Waals surface area contributed by atoms with E-state index in [1.807, 2.05) is 38.4 Å². The van der Waals surface area contributed by atoms with Gasteiger partial charge in [-0.3, -0.25) is 4.79 Å². The summed E-state index contributed by atoms with van der Waals surface area (Å²) in [4.78, 5) is 12.8. The second kappa shape index (κ2) is 6.37. The summed E-state index contributed by atoms with van der Waals surface area (Å²) in [6.45, 7) is 1.20. The first kappa shape index (κ1) is 13.7. The van der Waals surface area contributed by atoms with Crippen molar-refractivity contribution in [3.05, 3.63) is 35.4 Å². The zero-order valence-electron chi connectivity index (χ0n) is 10.4. The van der Waals surface area contributed by atoms with Gasteiger partial charge in [-0.2, -0.15) is 0 Å². The van der Waals surface area contributed by atoms with E-state index in [9.17, 15) is 4.79 Å². The van der Waals surface area contributed by atoms with E-state index in [4.69, 9.17) is 10.8 Å². The van der Waals surface area contributed by atoms with E-state index in [2.05, 4.69) is 4.90 Å². The van der Waals surface area contributed by atoms with Crippen molar-refractivity contribution in [1.82, 2.24) is 4.90 Å². The quantitative estimate of drug-likeness (QED) is 0.780. The summed E-state index contributed by atoms with van der Waals surface area (Å²) in [6, 6.07) is 7.98. The van der Waals surface area contributed by atoms with Gasteiger partial charge in [0, 0.05) is 12.5 Å². The molecule has 1 rings (SSSR count). The number of nitrogens with two attached hydrogens (primary N) is 1. The van der Waals surface area contributed by atoms with Crippen molar-refractivity contribution in [2.75, 3.05) is 20.6 Å². The second-order valence-corrected chi connectivity index (χ2v) is 4.51. The number of hydrogen-bond acceptors (Lipinski definition) is 3. The lowest BCUT2D eigenvalue weighted by Gasteiger charge is -2.15. The first-order valence-electron chi connectivity index (χ1n) is 5.68. The molecule has 0 bridgehead atoms. The third-order valence-corrected chi connectivity index (χ3v) is 2.63. The van der Waals surface area contributed by atoms with Crippen molar-refractivity contribution in [3.63, 3.8) is 0 Å². The Hall–Kier alpha value is -1.39. The molecule has 3 N–H and O–H groups in total. The maximum absolute atomic E-state index is 10.7. The molecule has 1 unspecified atom stereocenters. The Bertz CT molecular complexity index is 377. The molecule has 0 amide bonds. The molecule has 0 heterocycles. The number of carboxylic acid groups (broad SMARTS) is 1. The predicted molar refractivity (Wildman–Crippen MR) is 67.9 cm³/mol. The molecule has 0 aliphatic rings. The molecule has 1 aromatic carbocycles. The standard InChI is InChI=1S/C13H20N2O2/c1-15(2)9-10-4-3-5-11(6-10)12(8-14)7-13(16)17/h3-6,12H,7-9,14H2,1-2H3,(H,16,17). The van der Waals surface area contributed by atoms with Crippen molar-refractivity contribution < 1.29 is 9.90 Å². The van der Waals surface area contributed by atoms with E-state index >= 15 is 0 Å². The second-order valence-electron chi connectivity index (χ2n) is 4.51. The number of aliphatic carboxylic acids is 1. The normalized spacial score (nSPS) is 12.7. The number of benzene rings is 1. The van der Waals surface area contributed by atoms with E-state index in [1.165, 1.54) is 5.56 Å². The highest BCUT2D eigenvalue weighted by Gasteiger charge is 2.14. The zero-order chi connectivity index (χ0) is 12.8. The summed E-state index contributed by atoms with van der Waals surface area (Å²) < 4.78 is 0. The summed E-state index contributed by atoms with van der Waals surface area (Å²) in [6.07, 6.45) is 0.0852. The van der Waals surface area contributed by atoms with Gasteiger partial charge in [-0.05, 0) is 31.8 Å². The average molecular weight is 236 g/mol. The maximum atomic E-state index is 10.7. The van der Waals surface area contributed by atoms with E-state index < -0.39 is 5.97 Å². The van der Waals surface area contributed by atoms with Crippen molar-refractivity contribution in [2.24, 2.45) is 5.73 Å². The Balaban J connectivity index is 2.84. The van der Waals surface area contributed by atoms with Crippen LogP contribution in [0.5, 0.6) is 0 Å².